The van der Waals surface area contributed by atoms with Crippen LogP contribution in [0.2, 0.25) is 5.02 Å². The van der Waals surface area contributed by atoms with Gasteiger partial charge in [-0.2, -0.15) is 0 Å². The van der Waals surface area contributed by atoms with Gasteiger partial charge in [0.15, 0.2) is 11.4 Å². The van der Waals surface area contributed by atoms with Crippen molar-refractivity contribution < 1.29 is 19.1 Å². The normalized spacial score (nSPS) is 18.4. The zero-order valence-electron chi connectivity index (χ0n) is 19.5. The number of nitrogens with zero attached hydrogens (tertiary/aromatic N) is 3. The second kappa shape index (κ2) is 10.1. The molecule has 1 aromatic carbocycles. The van der Waals surface area contributed by atoms with Crippen LogP contribution in [0.15, 0.2) is 41.8 Å². The maximum Gasteiger partial charge on any atom is 0.278 e. The molecule has 1 aliphatic carbocycles. The number of hydrogen-bond donors (Lipinski definition) is 2. The van der Waals surface area contributed by atoms with Crippen molar-refractivity contribution in [1.82, 2.24) is 14.9 Å². The van der Waals surface area contributed by atoms with E-state index in [4.69, 9.17) is 11.6 Å². The number of amides is 2. The Labute approximate surface area is 207 Å². The molecular weight excluding hydrogens is 475 g/mol. The van der Waals surface area contributed by atoms with Gasteiger partial charge in [-0.1, -0.05) is 49.6 Å². The van der Waals surface area contributed by atoms with Crippen molar-refractivity contribution in [3.8, 4) is 5.75 Å². The van der Waals surface area contributed by atoms with Crippen molar-refractivity contribution in [2.24, 2.45) is 5.92 Å². The summed E-state index contributed by atoms with van der Waals surface area (Å²) in [6, 6.07) is 4.40. The summed E-state index contributed by atoms with van der Waals surface area (Å²) in [6.45, 7) is 4.20. The van der Waals surface area contributed by atoms with E-state index in [1.165, 1.54) is 34.3 Å². The van der Waals surface area contributed by atoms with E-state index >= 15 is 0 Å². The highest BCUT2D eigenvalue weighted by Gasteiger charge is 2.38. The molecule has 186 valence electrons. The lowest BCUT2D eigenvalue weighted by Gasteiger charge is -2.45. The number of pyridine rings is 1. The van der Waals surface area contributed by atoms with Crippen LogP contribution in [0.1, 0.15) is 58.5 Å². The molecular formula is C25H28ClFN4O4. The Morgan fingerprint density at radius 2 is 2.00 bits per heavy atom. The fraction of sp³-hybridized carbons (Fsp3) is 0.400. The summed E-state index contributed by atoms with van der Waals surface area (Å²) in [5.74, 6) is -2.48. The van der Waals surface area contributed by atoms with Crippen LogP contribution >= 0.6 is 11.6 Å². The summed E-state index contributed by atoms with van der Waals surface area (Å²) < 4.78 is 15.6. The lowest BCUT2D eigenvalue weighted by molar-refractivity contribution is 0.0667. The summed E-state index contributed by atoms with van der Waals surface area (Å²) in [5, 5.41) is 15.0. The molecule has 2 aromatic rings. The smallest absolute Gasteiger partial charge is 0.278 e. The molecule has 4 rings (SSSR count). The van der Waals surface area contributed by atoms with Crippen molar-refractivity contribution in [2.75, 3.05) is 18.6 Å². The number of benzene rings is 1. The Hall–Kier alpha value is -3.33. The van der Waals surface area contributed by atoms with Gasteiger partial charge in [0.1, 0.15) is 17.5 Å². The molecule has 35 heavy (non-hydrogen) atoms. The molecule has 1 aromatic heterocycles. The van der Waals surface area contributed by atoms with Gasteiger partial charge in [-0.15, -0.1) is 0 Å². The predicted molar refractivity (Wildman–Crippen MR) is 131 cm³/mol. The number of likely N-dealkylation sites (N-methyl/N-ethyl adjacent to an activating group) is 1. The summed E-state index contributed by atoms with van der Waals surface area (Å²) >= 11 is 5.80. The van der Waals surface area contributed by atoms with Crippen LogP contribution in [0.5, 0.6) is 5.75 Å². The molecule has 2 aliphatic rings. The van der Waals surface area contributed by atoms with Gasteiger partial charge < -0.3 is 15.3 Å². The number of hydrogen-bond acceptors (Lipinski definition) is 5. The second-order valence-electron chi connectivity index (χ2n) is 9.00. The zero-order chi connectivity index (χ0) is 25.3. The van der Waals surface area contributed by atoms with E-state index in [0.29, 0.717) is 12.5 Å². The molecule has 1 fully saturated rings. The maximum absolute atomic E-state index is 14.2. The molecule has 8 nitrogen and oxygen atoms in total. The first-order valence-electron chi connectivity index (χ1n) is 11.6. The standard InChI is InChI=1S/C25H28ClFN4O4/c1-3-19-29(2)25(35)21-23(33)22(32)17(14-31(21)30(19)13-15-8-5-4-6-9-15)24(34)28-12-16-10-7-11-18(26)20(16)27/h3,7,10-11,14-15,19,33H,1,4-6,8-9,12-13H2,2H3,(H,28,34)/t19-/m0/s1. The summed E-state index contributed by atoms with van der Waals surface area (Å²) in [6.07, 6.45) is 7.81. The van der Waals surface area contributed by atoms with Crippen molar-refractivity contribution in [3.05, 3.63) is 74.9 Å². The average molecular weight is 503 g/mol. The highest BCUT2D eigenvalue weighted by molar-refractivity contribution is 6.30. The minimum Gasteiger partial charge on any atom is -0.502 e. The number of aromatic nitrogens is 1. The fourth-order valence-electron chi connectivity index (χ4n) is 4.83. The Kier molecular flexibility index (Phi) is 7.16. The van der Waals surface area contributed by atoms with Crippen LogP contribution in [0, 0.1) is 11.7 Å². The van der Waals surface area contributed by atoms with Crippen molar-refractivity contribution >= 4 is 23.4 Å². The van der Waals surface area contributed by atoms with E-state index in [1.54, 1.807) is 19.2 Å². The second-order valence-corrected chi connectivity index (χ2v) is 9.41. The van der Waals surface area contributed by atoms with Gasteiger partial charge in [-0.3, -0.25) is 24.1 Å². The van der Waals surface area contributed by atoms with Crippen molar-refractivity contribution in [1.29, 1.82) is 0 Å². The van der Waals surface area contributed by atoms with E-state index in [9.17, 15) is 23.9 Å². The first kappa shape index (κ1) is 24.8. The van der Waals surface area contributed by atoms with Gasteiger partial charge in [0, 0.05) is 31.9 Å². The number of aromatic hydroxyl groups is 1. The summed E-state index contributed by atoms with van der Waals surface area (Å²) in [4.78, 5) is 40.3. The monoisotopic (exact) mass is 502 g/mol. The molecule has 0 bridgehead atoms. The Morgan fingerprint density at radius 3 is 2.69 bits per heavy atom. The Balaban J connectivity index is 1.71. The first-order valence-corrected chi connectivity index (χ1v) is 12.0. The summed E-state index contributed by atoms with van der Waals surface area (Å²) in [5.41, 5.74) is -1.39. The van der Waals surface area contributed by atoms with Crippen LogP contribution < -0.4 is 15.8 Å². The molecule has 10 heteroatoms. The fourth-order valence-corrected chi connectivity index (χ4v) is 5.03. The van der Waals surface area contributed by atoms with E-state index in [2.05, 4.69) is 11.9 Å². The number of carbonyl (C=O) groups is 2. The number of fused-ring (bicyclic) bond motifs is 1. The van der Waals surface area contributed by atoms with Crippen LogP contribution in [0.3, 0.4) is 0 Å². The molecule has 0 radical (unpaired) electrons. The number of nitrogens with one attached hydrogen (secondary N) is 1. The van der Waals surface area contributed by atoms with Crippen LogP contribution in [-0.4, -0.2) is 46.3 Å². The molecule has 1 saturated carbocycles. The molecule has 0 unspecified atom stereocenters. The third kappa shape index (κ3) is 4.65. The molecule has 2 N–H and O–H groups in total. The number of rotatable bonds is 6. The molecule has 1 aliphatic heterocycles. The topological polar surface area (TPSA) is 94.9 Å². The quantitative estimate of drug-likeness (QED) is 0.590. The van der Waals surface area contributed by atoms with Crippen LogP contribution in [-0.2, 0) is 6.54 Å². The van der Waals surface area contributed by atoms with Crippen molar-refractivity contribution in [3.63, 3.8) is 0 Å². The lowest BCUT2D eigenvalue weighted by atomic mass is 9.89. The molecule has 2 amide bonds. The highest BCUT2D eigenvalue weighted by Crippen LogP contribution is 2.29. The summed E-state index contributed by atoms with van der Waals surface area (Å²) in [7, 11) is 1.58. The SMILES string of the molecule is C=C[C@H]1N(C)C(=O)c2c(O)c(=O)c(C(=O)NCc3cccc(Cl)c3F)cn2N1CC1CCCCC1. The Morgan fingerprint density at radius 1 is 1.29 bits per heavy atom. The largest absolute Gasteiger partial charge is 0.502 e. The number of halogens is 2. The van der Waals surface area contributed by atoms with E-state index in [0.717, 1.165) is 25.7 Å². The van der Waals surface area contributed by atoms with Crippen molar-refractivity contribution in [2.45, 2.75) is 44.8 Å². The van der Waals surface area contributed by atoms with Gasteiger partial charge in [0.2, 0.25) is 5.43 Å². The van der Waals surface area contributed by atoms with Gasteiger partial charge in [-0.25, -0.2) is 4.39 Å². The first-order chi connectivity index (χ1) is 16.7. The third-order valence-electron chi connectivity index (χ3n) is 6.76. The molecule has 0 saturated heterocycles. The third-order valence-corrected chi connectivity index (χ3v) is 7.05. The van der Waals surface area contributed by atoms with Gasteiger partial charge in [-0.05, 0) is 30.9 Å². The van der Waals surface area contributed by atoms with Gasteiger partial charge in [0.25, 0.3) is 11.8 Å². The zero-order valence-corrected chi connectivity index (χ0v) is 20.2. The average Bonchev–Trinajstić information content (AvgIpc) is 2.85. The highest BCUT2D eigenvalue weighted by atomic mass is 35.5. The minimum atomic E-state index is -0.975. The van der Waals surface area contributed by atoms with E-state index in [-0.39, 0.29) is 28.4 Å². The maximum atomic E-state index is 14.2. The predicted octanol–water partition coefficient (Wildman–Crippen LogP) is 3.39. The van der Waals surface area contributed by atoms with E-state index in [1.807, 2.05) is 5.01 Å². The Bertz CT molecular complexity index is 1220. The molecule has 1 atom stereocenters. The molecule has 0 spiro atoms. The lowest BCUT2D eigenvalue weighted by Crippen LogP contribution is -2.60. The van der Waals surface area contributed by atoms with E-state index < -0.39 is 35.0 Å². The number of carbonyl (C=O) groups excluding carboxylic acids is 2. The minimum absolute atomic E-state index is 0.0836. The van der Waals surface area contributed by atoms with Crippen LogP contribution in [0.25, 0.3) is 0 Å². The van der Waals surface area contributed by atoms with Gasteiger partial charge in [0.05, 0.1) is 5.02 Å². The van der Waals surface area contributed by atoms with Gasteiger partial charge >= 0.3 is 0 Å². The van der Waals surface area contributed by atoms with Crippen LogP contribution in [0.4, 0.5) is 4.39 Å². The molecule has 2 heterocycles.